The predicted molar refractivity (Wildman–Crippen MR) is 127 cm³/mol. The number of nitrogens with one attached hydrogen (secondary N) is 2. The first-order valence-electron chi connectivity index (χ1n) is 9.77. The van der Waals surface area contributed by atoms with Gasteiger partial charge in [0.15, 0.2) is 5.96 Å². The van der Waals surface area contributed by atoms with Crippen LogP contribution in [0.1, 0.15) is 39.4 Å². The van der Waals surface area contributed by atoms with Crippen LogP contribution in [-0.4, -0.2) is 52.7 Å². The predicted octanol–water partition coefficient (Wildman–Crippen LogP) is 3.89. The van der Waals surface area contributed by atoms with Crippen LogP contribution in [-0.2, 0) is 6.54 Å². The first kappa shape index (κ1) is 24.4. The number of aromatic amines is 1. The zero-order valence-corrected chi connectivity index (χ0v) is 19.7. The van der Waals surface area contributed by atoms with Crippen LogP contribution in [0.15, 0.2) is 41.5 Å². The van der Waals surface area contributed by atoms with Crippen molar-refractivity contribution >= 4 is 29.9 Å². The quantitative estimate of drug-likeness (QED) is 0.278. The average Bonchev–Trinajstić information content (AvgIpc) is 3.17. The molecule has 2 aromatic rings. The Labute approximate surface area is 185 Å². The Morgan fingerprint density at radius 1 is 1.21 bits per heavy atom. The molecule has 0 atom stereocenters. The highest BCUT2D eigenvalue weighted by Crippen LogP contribution is 2.26. The van der Waals surface area contributed by atoms with E-state index in [2.05, 4.69) is 53.1 Å². The van der Waals surface area contributed by atoms with E-state index in [4.69, 9.17) is 4.99 Å². The third-order valence-corrected chi connectivity index (χ3v) is 5.20. The Morgan fingerprint density at radius 2 is 1.89 bits per heavy atom. The van der Waals surface area contributed by atoms with Crippen molar-refractivity contribution in [2.45, 2.75) is 40.2 Å². The van der Waals surface area contributed by atoms with Gasteiger partial charge in [0.05, 0.1) is 31.6 Å². The van der Waals surface area contributed by atoms with Crippen molar-refractivity contribution < 1.29 is 5.11 Å². The topological polar surface area (TPSA) is 76.5 Å². The first-order valence-corrected chi connectivity index (χ1v) is 9.77. The van der Waals surface area contributed by atoms with Gasteiger partial charge in [0, 0.05) is 19.0 Å². The summed E-state index contributed by atoms with van der Waals surface area (Å²) in [6.07, 6.45) is 3.68. The minimum absolute atomic E-state index is 0. The normalized spacial score (nSPS) is 11.8. The number of guanidine groups is 1. The van der Waals surface area contributed by atoms with Crippen molar-refractivity contribution in [3.63, 3.8) is 0 Å². The summed E-state index contributed by atoms with van der Waals surface area (Å²) in [6, 6.07) is 10.2. The summed E-state index contributed by atoms with van der Waals surface area (Å²) >= 11 is 0. The third kappa shape index (κ3) is 6.48. The van der Waals surface area contributed by atoms with Gasteiger partial charge in [-0.25, -0.2) is 4.98 Å². The van der Waals surface area contributed by atoms with Gasteiger partial charge in [0.1, 0.15) is 5.82 Å². The third-order valence-electron chi connectivity index (χ3n) is 5.20. The number of rotatable bonds is 9. The smallest absolute Gasteiger partial charge is 0.194 e. The first-order chi connectivity index (χ1) is 13.1. The molecular formula is C21H34IN5O. The Bertz CT molecular complexity index is 704. The monoisotopic (exact) mass is 499 g/mol. The fourth-order valence-electron chi connectivity index (χ4n) is 2.97. The number of imidazole rings is 1. The number of benzene rings is 1. The van der Waals surface area contributed by atoms with Crippen LogP contribution in [0.25, 0.3) is 11.3 Å². The van der Waals surface area contributed by atoms with E-state index >= 15 is 0 Å². The molecule has 0 saturated carbocycles. The van der Waals surface area contributed by atoms with Gasteiger partial charge < -0.3 is 20.3 Å². The lowest BCUT2D eigenvalue weighted by Crippen LogP contribution is -2.40. The average molecular weight is 499 g/mol. The second-order valence-corrected chi connectivity index (χ2v) is 7.00. The van der Waals surface area contributed by atoms with E-state index in [0.717, 1.165) is 42.4 Å². The molecule has 0 aliphatic rings. The number of aromatic nitrogens is 2. The summed E-state index contributed by atoms with van der Waals surface area (Å²) in [4.78, 5) is 14.7. The SMILES string of the molecule is CCNC(=NCC(CC)(CC)CO)N(C)Cc1ncc(-c2ccccc2)[nH]1.I. The standard InChI is InChI=1S/C21H33N5O.HI/c1-5-21(6-2,16-27)15-24-20(22-7-3)26(4)14-19-23-13-18(25-19)17-11-9-8-10-12-17;/h8-13,27H,5-7,14-16H2,1-4H3,(H,22,24)(H,23,25);1H. The molecule has 2 rings (SSSR count). The van der Waals surface area contributed by atoms with E-state index < -0.39 is 0 Å². The molecule has 0 bridgehead atoms. The lowest BCUT2D eigenvalue weighted by atomic mass is 9.83. The largest absolute Gasteiger partial charge is 0.396 e. The zero-order chi connectivity index (χ0) is 19.7. The van der Waals surface area contributed by atoms with Crippen LogP contribution in [0.5, 0.6) is 0 Å². The molecule has 156 valence electrons. The van der Waals surface area contributed by atoms with Crippen molar-refractivity contribution in [2.24, 2.45) is 10.4 Å². The highest BCUT2D eigenvalue weighted by molar-refractivity contribution is 14.0. The Morgan fingerprint density at radius 3 is 2.46 bits per heavy atom. The molecule has 0 fully saturated rings. The number of hydrogen-bond acceptors (Lipinski definition) is 3. The molecule has 0 amide bonds. The second-order valence-electron chi connectivity index (χ2n) is 7.00. The second kappa shape index (κ2) is 12.1. The highest BCUT2D eigenvalue weighted by atomic mass is 127. The molecule has 0 aliphatic heterocycles. The van der Waals surface area contributed by atoms with E-state index in [-0.39, 0.29) is 36.0 Å². The summed E-state index contributed by atoms with van der Waals surface area (Å²) in [7, 11) is 2.00. The van der Waals surface area contributed by atoms with E-state index in [1.165, 1.54) is 0 Å². The molecule has 0 spiro atoms. The molecule has 0 aliphatic carbocycles. The van der Waals surface area contributed by atoms with Crippen molar-refractivity contribution in [1.82, 2.24) is 20.2 Å². The number of aliphatic hydroxyl groups excluding tert-OH is 1. The molecule has 0 saturated heterocycles. The number of aliphatic hydroxyl groups is 1. The van der Waals surface area contributed by atoms with Gasteiger partial charge in [-0.3, -0.25) is 4.99 Å². The van der Waals surface area contributed by atoms with Crippen LogP contribution in [0.4, 0.5) is 0 Å². The molecular weight excluding hydrogens is 465 g/mol. The lowest BCUT2D eigenvalue weighted by molar-refractivity contribution is 0.123. The summed E-state index contributed by atoms with van der Waals surface area (Å²) in [5, 5.41) is 13.1. The maximum absolute atomic E-state index is 9.79. The zero-order valence-electron chi connectivity index (χ0n) is 17.4. The van der Waals surface area contributed by atoms with Gasteiger partial charge in [0.25, 0.3) is 0 Å². The summed E-state index contributed by atoms with van der Waals surface area (Å²) < 4.78 is 0. The van der Waals surface area contributed by atoms with Crippen LogP contribution in [0.2, 0.25) is 0 Å². The number of H-pyrrole nitrogens is 1. The van der Waals surface area contributed by atoms with Gasteiger partial charge in [-0.1, -0.05) is 44.2 Å². The molecule has 1 aromatic carbocycles. The van der Waals surface area contributed by atoms with E-state index in [1.54, 1.807) is 0 Å². The van der Waals surface area contributed by atoms with E-state index in [0.29, 0.717) is 13.1 Å². The Hall–Kier alpha value is -1.61. The molecule has 6 nitrogen and oxygen atoms in total. The Balaban J connectivity index is 0.00000392. The fraction of sp³-hybridized carbons (Fsp3) is 0.524. The fourth-order valence-corrected chi connectivity index (χ4v) is 2.97. The maximum atomic E-state index is 9.79. The van der Waals surface area contributed by atoms with Crippen LogP contribution in [0, 0.1) is 5.41 Å². The van der Waals surface area contributed by atoms with Crippen molar-refractivity contribution in [2.75, 3.05) is 26.7 Å². The minimum atomic E-state index is -0.146. The summed E-state index contributed by atoms with van der Waals surface area (Å²) in [5.41, 5.74) is 1.99. The molecule has 7 heteroatoms. The van der Waals surface area contributed by atoms with Crippen molar-refractivity contribution in [3.8, 4) is 11.3 Å². The van der Waals surface area contributed by atoms with Gasteiger partial charge in [0.2, 0.25) is 0 Å². The van der Waals surface area contributed by atoms with E-state index in [9.17, 15) is 5.11 Å². The van der Waals surface area contributed by atoms with E-state index in [1.807, 2.05) is 31.4 Å². The minimum Gasteiger partial charge on any atom is -0.396 e. The van der Waals surface area contributed by atoms with Crippen LogP contribution < -0.4 is 5.32 Å². The maximum Gasteiger partial charge on any atom is 0.194 e. The van der Waals surface area contributed by atoms with Gasteiger partial charge in [-0.2, -0.15) is 0 Å². The lowest BCUT2D eigenvalue weighted by Gasteiger charge is -2.29. The summed E-state index contributed by atoms with van der Waals surface area (Å²) in [5.74, 6) is 1.72. The number of aliphatic imine (C=N–C) groups is 1. The Kier molecular flexibility index (Phi) is 10.5. The molecule has 1 aromatic heterocycles. The summed E-state index contributed by atoms with van der Waals surface area (Å²) in [6.45, 7) is 8.47. The molecule has 0 radical (unpaired) electrons. The molecule has 1 heterocycles. The number of halogens is 1. The van der Waals surface area contributed by atoms with Crippen molar-refractivity contribution in [3.05, 3.63) is 42.4 Å². The molecule has 3 N–H and O–H groups in total. The highest BCUT2D eigenvalue weighted by Gasteiger charge is 2.25. The van der Waals surface area contributed by atoms with Gasteiger partial charge in [-0.05, 0) is 25.3 Å². The van der Waals surface area contributed by atoms with Gasteiger partial charge >= 0.3 is 0 Å². The van der Waals surface area contributed by atoms with Gasteiger partial charge in [-0.15, -0.1) is 24.0 Å². The molecule has 0 unspecified atom stereocenters. The van der Waals surface area contributed by atoms with Crippen LogP contribution in [0.3, 0.4) is 0 Å². The van der Waals surface area contributed by atoms with Crippen molar-refractivity contribution in [1.29, 1.82) is 0 Å². The number of nitrogens with zero attached hydrogens (tertiary/aromatic N) is 3. The number of hydrogen-bond donors (Lipinski definition) is 3. The molecule has 28 heavy (non-hydrogen) atoms. The van der Waals surface area contributed by atoms with Crippen LogP contribution >= 0.6 is 24.0 Å².